The fourth-order valence-corrected chi connectivity index (χ4v) is 0.864. The van der Waals surface area contributed by atoms with Crippen LogP contribution >= 0.6 is 0 Å². The van der Waals surface area contributed by atoms with Crippen LogP contribution in [0.1, 0.15) is 12.6 Å². The maximum atomic E-state index is 8.40. The molecule has 1 heterocycles. The number of nitrogens with zero attached hydrogens (tertiary/aromatic N) is 4. The molecule has 76 valence electrons. The van der Waals surface area contributed by atoms with E-state index in [-0.39, 0.29) is 5.84 Å². The standard InChI is InChI=1S/C8H13N5O/c1-3-13(2)7-5-10-6(4-11-7)8(9)12-14/h4-5,14H,3H2,1-2H3,(H2,9,12). The van der Waals surface area contributed by atoms with Crippen LogP contribution in [0.2, 0.25) is 0 Å². The van der Waals surface area contributed by atoms with Crippen molar-refractivity contribution < 1.29 is 5.21 Å². The van der Waals surface area contributed by atoms with Gasteiger partial charge in [-0.15, -0.1) is 0 Å². The number of hydrogen-bond donors (Lipinski definition) is 2. The van der Waals surface area contributed by atoms with Crippen LogP contribution in [0.3, 0.4) is 0 Å². The highest BCUT2D eigenvalue weighted by atomic mass is 16.4. The molecule has 0 unspecified atom stereocenters. The molecule has 0 spiro atoms. The molecule has 0 aromatic carbocycles. The van der Waals surface area contributed by atoms with Gasteiger partial charge in [0.1, 0.15) is 11.5 Å². The van der Waals surface area contributed by atoms with Gasteiger partial charge >= 0.3 is 0 Å². The van der Waals surface area contributed by atoms with Gasteiger partial charge in [0.05, 0.1) is 12.4 Å². The van der Waals surface area contributed by atoms with Crippen molar-refractivity contribution in [2.24, 2.45) is 10.9 Å². The summed E-state index contributed by atoms with van der Waals surface area (Å²) in [7, 11) is 1.91. The molecule has 0 saturated carbocycles. The molecule has 0 aliphatic rings. The zero-order chi connectivity index (χ0) is 10.6. The summed E-state index contributed by atoms with van der Waals surface area (Å²) in [6.07, 6.45) is 3.05. The smallest absolute Gasteiger partial charge is 0.190 e. The van der Waals surface area contributed by atoms with Crippen molar-refractivity contribution in [3.05, 3.63) is 18.1 Å². The van der Waals surface area contributed by atoms with Gasteiger partial charge in [-0.25, -0.2) is 9.97 Å². The van der Waals surface area contributed by atoms with Crippen molar-refractivity contribution in [1.82, 2.24) is 9.97 Å². The minimum Gasteiger partial charge on any atom is -0.409 e. The van der Waals surface area contributed by atoms with Gasteiger partial charge in [-0.3, -0.25) is 0 Å². The summed E-state index contributed by atoms with van der Waals surface area (Å²) < 4.78 is 0. The Kier molecular flexibility index (Phi) is 3.22. The molecule has 6 nitrogen and oxygen atoms in total. The molecule has 0 aliphatic carbocycles. The largest absolute Gasteiger partial charge is 0.409 e. The number of rotatable bonds is 3. The normalized spacial score (nSPS) is 11.4. The summed E-state index contributed by atoms with van der Waals surface area (Å²) in [5, 5.41) is 11.2. The van der Waals surface area contributed by atoms with E-state index in [0.717, 1.165) is 12.4 Å². The first-order valence-corrected chi connectivity index (χ1v) is 4.20. The van der Waals surface area contributed by atoms with Crippen molar-refractivity contribution in [2.75, 3.05) is 18.5 Å². The number of hydrogen-bond acceptors (Lipinski definition) is 5. The van der Waals surface area contributed by atoms with Crippen LogP contribution in [-0.4, -0.2) is 34.6 Å². The highest BCUT2D eigenvalue weighted by molar-refractivity contribution is 5.94. The fourth-order valence-electron chi connectivity index (χ4n) is 0.864. The summed E-state index contributed by atoms with van der Waals surface area (Å²) >= 11 is 0. The van der Waals surface area contributed by atoms with Crippen molar-refractivity contribution in [1.29, 1.82) is 0 Å². The Hall–Kier alpha value is -1.85. The Morgan fingerprint density at radius 3 is 2.71 bits per heavy atom. The Balaban J connectivity index is 2.89. The fraction of sp³-hybridized carbons (Fsp3) is 0.375. The van der Waals surface area contributed by atoms with E-state index < -0.39 is 0 Å². The number of oxime groups is 1. The number of nitrogens with two attached hydrogens (primary N) is 1. The van der Waals surface area contributed by atoms with Crippen LogP contribution in [0, 0.1) is 0 Å². The third-order valence-electron chi connectivity index (χ3n) is 1.87. The monoisotopic (exact) mass is 195 g/mol. The first-order chi connectivity index (χ1) is 6.69. The molecule has 0 atom stereocenters. The Bertz CT molecular complexity index is 321. The highest BCUT2D eigenvalue weighted by Crippen LogP contribution is 2.05. The van der Waals surface area contributed by atoms with E-state index in [0.29, 0.717) is 5.69 Å². The molecule has 3 N–H and O–H groups in total. The molecule has 14 heavy (non-hydrogen) atoms. The van der Waals surface area contributed by atoms with Gasteiger partial charge in [-0.1, -0.05) is 5.16 Å². The molecule has 0 fully saturated rings. The highest BCUT2D eigenvalue weighted by Gasteiger charge is 2.03. The lowest BCUT2D eigenvalue weighted by Crippen LogP contribution is -2.19. The SMILES string of the molecule is CCN(C)c1cnc(/C(N)=N/O)cn1. The van der Waals surface area contributed by atoms with E-state index >= 15 is 0 Å². The van der Waals surface area contributed by atoms with E-state index in [9.17, 15) is 0 Å². The predicted molar refractivity (Wildman–Crippen MR) is 53.5 cm³/mol. The van der Waals surface area contributed by atoms with E-state index in [2.05, 4.69) is 15.1 Å². The van der Waals surface area contributed by atoms with Gasteiger partial charge in [0.2, 0.25) is 0 Å². The quantitative estimate of drug-likeness (QED) is 0.307. The summed E-state index contributed by atoms with van der Waals surface area (Å²) in [5.74, 6) is 0.713. The summed E-state index contributed by atoms with van der Waals surface area (Å²) in [4.78, 5) is 10.0. The predicted octanol–water partition coefficient (Wildman–Crippen LogP) is 0.0272. The zero-order valence-electron chi connectivity index (χ0n) is 8.18. The number of anilines is 1. The van der Waals surface area contributed by atoms with Crippen LogP contribution in [0.4, 0.5) is 5.82 Å². The van der Waals surface area contributed by atoms with Crippen molar-refractivity contribution in [3.8, 4) is 0 Å². The summed E-state index contributed by atoms with van der Waals surface area (Å²) in [5.41, 5.74) is 5.70. The lowest BCUT2D eigenvalue weighted by Gasteiger charge is -2.14. The van der Waals surface area contributed by atoms with Crippen LogP contribution in [0.25, 0.3) is 0 Å². The Morgan fingerprint density at radius 2 is 2.29 bits per heavy atom. The van der Waals surface area contributed by atoms with Gasteiger partial charge in [0.25, 0.3) is 0 Å². The average molecular weight is 195 g/mol. The lowest BCUT2D eigenvalue weighted by molar-refractivity contribution is 0.318. The number of amidine groups is 1. The van der Waals surface area contributed by atoms with E-state index in [4.69, 9.17) is 10.9 Å². The molecule has 1 aromatic rings. The molecular formula is C8H13N5O. The topological polar surface area (TPSA) is 87.6 Å². The van der Waals surface area contributed by atoms with Crippen molar-refractivity contribution >= 4 is 11.7 Å². The second-order valence-corrected chi connectivity index (χ2v) is 2.76. The minimum absolute atomic E-state index is 0.0387. The second-order valence-electron chi connectivity index (χ2n) is 2.76. The molecule has 0 bridgehead atoms. The van der Waals surface area contributed by atoms with Gasteiger partial charge < -0.3 is 15.8 Å². The molecule has 1 aromatic heterocycles. The third-order valence-corrected chi connectivity index (χ3v) is 1.87. The van der Waals surface area contributed by atoms with Gasteiger partial charge in [-0.05, 0) is 6.92 Å². The van der Waals surface area contributed by atoms with E-state index in [1.54, 1.807) is 6.20 Å². The molecule has 0 amide bonds. The van der Waals surface area contributed by atoms with E-state index in [1.807, 2.05) is 18.9 Å². The Morgan fingerprint density at radius 1 is 1.57 bits per heavy atom. The summed E-state index contributed by atoms with van der Waals surface area (Å²) in [6, 6.07) is 0. The first kappa shape index (κ1) is 10.2. The maximum Gasteiger partial charge on any atom is 0.190 e. The molecular weight excluding hydrogens is 182 g/mol. The van der Waals surface area contributed by atoms with Gasteiger partial charge in [0, 0.05) is 13.6 Å². The molecule has 0 aliphatic heterocycles. The van der Waals surface area contributed by atoms with Crippen LogP contribution < -0.4 is 10.6 Å². The molecule has 1 rings (SSSR count). The third kappa shape index (κ3) is 2.09. The van der Waals surface area contributed by atoms with E-state index in [1.165, 1.54) is 6.20 Å². The minimum atomic E-state index is -0.0387. The molecule has 0 radical (unpaired) electrons. The van der Waals surface area contributed by atoms with Crippen LogP contribution in [-0.2, 0) is 0 Å². The first-order valence-electron chi connectivity index (χ1n) is 4.20. The van der Waals surface area contributed by atoms with Crippen molar-refractivity contribution in [3.63, 3.8) is 0 Å². The maximum absolute atomic E-state index is 8.40. The average Bonchev–Trinajstić information content (AvgIpc) is 2.27. The lowest BCUT2D eigenvalue weighted by atomic mass is 10.4. The van der Waals surface area contributed by atoms with Gasteiger partial charge in [-0.2, -0.15) is 0 Å². The molecule has 0 saturated heterocycles. The van der Waals surface area contributed by atoms with Crippen molar-refractivity contribution in [2.45, 2.75) is 6.92 Å². The molecule has 6 heteroatoms. The number of aromatic nitrogens is 2. The second kappa shape index (κ2) is 4.40. The summed E-state index contributed by atoms with van der Waals surface area (Å²) in [6.45, 7) is 2.86. The Labute approximate surface area is 82.1 Å². The zero-order valence-corrected chi connectivity index (χ0v) is 8.18. The van der Waals surface area contributed by atoms with Crippen LogP contribution in [0.15, 0.2) is 17.5 Å². The van der Waals surface area contributed by atoms with Gasteiger partial charge in [0.15, 0.2) is 5.84 Å². The van der Waals surface area contributed by atoms with Crippen LogP contribution in [0.5, 0.6) is 0 Å².